The van der Waals surface area contributed by atoms with Gasteiger partial charge < -0.3 is 19.1 Å². The van der Waals surface area contributed by atoms with E-state index in [1.165, 1.54) is 11.1 Å². The van der Waals surface area contributed by atoms with E-state index in [9.17, 15) is 4.79 Å². The second-order valence-electron chi connectivity index (χ2n) is 6.30. The number of aryl methyl sites for hydroxylation is 1. The van der Waals surface area contributed by atoms with Gasteiger partial charge in [-0.25, -0.2) is 0 Å². The van der Waals surface area contributed by atoms with Gasteiger partial charge in [-0.05, 0) is 49.1 Å². The molecule has 2 aliphatic rings. The second-order valence-corrected chi connectivity index (χ2v) is 6.30. The van der Waals surface area contributed by atoms with Crippen LogP contribution in [0.15, 0.2) is 30.3 Å². The molecule has 2 aliphatic heterocycles. The Hall–Kier alpha value is -2.69. The molecule has 2 aromatic carbocycles. The van der Waals surface area contributed by atoms with Crippen LogP contribution in [-0.4, -0.2) is 32.8 Å². The van der Waals surface area contributed by atoms with Crippen LogP contribution in [0.2, 0.25) is 0 Å². The number of fused-ring (bicyclic) bond motifs is 2. The fraction of sp³-hybridized carbons (Fsp3) is 0.350. The van der Waals surface area contributed by atoms with Crippen LogP contribution in [0.3, 0.4) is 0 Å². The van der Waals surface area contributed by atoms with Crippen LogP contribution in [0.25, 0.3) is 0 Å². The molecule has 0 aliphatic carbocycles. The van der Waals surface area contributed by atoms with Gasteiger partial charge in [0.05, 0.1) is 18.4 Å². The molecular formula is C20H21NO4. The summed E-state index contributed by atoms with van der Waals surface area (Å²) in [5.74, 6) is 1.82. The fourth-order valence-electron chi connectivity index (χ4n) is 3.61. The van der Waals surface area contributed by atoms with Crippen LogP contribution >= 0.6 is 0 Å². The Morgan fingerprint density at radius 3 is 2.84 bits per heavy atom. The highest BCUT2D eigenvalue weighted by Gasteiger charge is 2.31. The third kappa shape index (κ3) is 2.60. The summed E-state index contributed by atoms with van der Waals surface area (Å²) in [7, 11) is 1.64. The third-order valence-corrected chi connectivity index (χ3v) is 4.82. The summed E-state index contributed by atoms with van der Waals surface area (Å²) in [5, 5.41) is 0. The predicted octanol–water partition coefficient (Wildman–Crippen LogP) is 3.37. The molecule has 0 fully saturated rings. The summed E-state index contributed by atoms with van der Waals surface area (Å²) in [6.45, 7) is 3.70. The monoisotopic (exact) mass is 339 g/mol. The number of para-hydroxylation sites is 1. The maximum absolute atomic E-state index is 13.3. The summed E-state index contributed by atoms with van der Waals surface area (Å²) < 4.78 is 16.9. The lowest BCUT2D eigenvalue weighted by molar-refractivity contribution is 0.0973. The van der Waals surface area contributed by atoms with Gasteiger partial charge in [0.1, 0.15) is 19.0 Å². The molecule has 130 valence electrons. The molecule has 0 N–H and O–H groups in total. The van der Waals surface area contributed by atoms with Crippen LogP contribution in [-0.2, 0) is 6.42 Å². The van der Waals surface area contributed by atoms with Crippen molar-refractivity contribution >= 4 is 11.6 Å². The van der Waals surface area contributed by atoms with Crippen LogP contribution in [0.4, 0.5) is 5.69 Å². The summed E-state index contributed by atoms with van der Waals surface area (Å²) in [4.78, 5) is 15.2. The first-order valence-electron chi connectivity index (χ1n) is 8.57. The summed E-state index contributed by atoms with van der Waals surface area (Å²) in [6, 6.07) is 9.44. The lowest BCUT2D eigenvalue weighted by Crippen LogP contribution is -2.36. The van der Waals surface area contributed by atoms with Gasteiger partial charge in [-0.3, -0.25) is 4.79 Å². The van der Waals surface area contributed by atoms with Gasteiger partial charge in [-0.1, -0.05) is 12.1 Å². The Morgan fingerprint density at radius 1 is 1.16 bits per heavy atom. The Labute approximate surface area is 147 Å². The number of anilines is 1. The zero-order valence-electron chi connectivity index (χ0n) is 14.5. The first kappa shape index (κ1) is 15.8. The molecule has 1 amide bonds. The average Bonchev–Trinajstić information content (AvgIpc) is 2.67. The molecule has 2 heterocycles. The van der Waals surface area contributed by atoms with E-state index < -0.39 is 0 Å². The molecule has 25 heavy (non-hydrogen) atoms. The summed E-state index contributed by atoms with van der Waals surface area (Å²) in [5.41, 5.74) is 3.78. The van der Waals surface area contributed by atoms with Crippen LogP contribution < -0.4 is 19.1 Å². The quantitative estimate of drug-likeness (QED) is 0.842. The number of rotatable bonds is 2. The average molecular weight is 339 g/mol. The van der Waals surface area contributed by atoms with Crippen LogP contribution in [0.5, 0.6) is 17.2 Å². The van der Waals surface area contributed by atoms with Crippen molar-refractivity contribution in [3.8, 4) is 17.2 Å². The number of nitrogens with zero attached hydrogens (tertiary/aromatic N) is 1. The van der Waals surface area contributed by atoms with Gasteiger partial charge in [-0.15, -0.1) is 0 Å². The fourth-order valence-corrected chi connectivity index (χ4v) is 3.61. The van der Waals surface area contributed by atoms with Crippen molar-refractivity contribution < 1.29 is 19.0 Å². The molecule has 0 unspecified atom stereocenters. The zero-order valence-corrected chi connectivity index (χ0v) is 14.5. The Kier molecular flexibility index (Phi) is 3.99. The maximum atomic E-state index is 13.3. The van der Waals surface area contributed by atoms with Crippen molar-refractivity contribution in [3.63, 3.8) is 0 Å². The van der Waals surface area contributed by atoms with Crippen LogP contribution in [0, 0.1) is 6.92 Å². The standard InChI is InChI=1S/C20H21NO4/c1-13-8-9-16(23-2)18-14(13)6-4-10-21(18)20(22)15-5-3-7-17-19(15)25-12-11-24-17/h3,5,7-9H,4,6,10-12H2,1-2H3. The smallest absolute Gasteiger partial charge is 0.262 e. The minimum absolute atomic E-state index is 0.0767. The highest BCUT2D eigenvalue weighted by molar-refractivity contribution is 6.09. The van der Waals surface area contributed by atoms with E-state index in [0.717, 1.165) is 24.3 Å². The lowest BCUT2D eigenvalue weighted by atomic mass is 9.95. The molecule has 4 rings (SSSR count). The van der Waals surface area contributed by atoms with Crippen molar-refractivity contribution in [3.05, 3.63) is 47.0 Å². The van der Waals surface area contributed by atoms with Crippen molar-refractivity contribution in [2.75, 3.05) is 31.8 Å². The predicted molar refractivity (Wildman–Crippen MR) is 95.2 cm³/mol. The Bertz CT molecular complexity index is 831. The van der Waals surface area contributed by atoms with E-state index >= 15 is 0 Å². The van der Waals surface area contributed by atoms with Crippen molar-refractivity contribution in [2.45, 2.75) is 19.8 Å². The largest absolute Gasteiger partial charge is 0.495 e. The number of hydrogen-bond acceptors (Lipinski definition) is 4. The zero-order chi connectivity index (χ0) is 17.4. The van der Waals surface area contributed by atoms with E-state index in [4.69, 9.17) is 14.2 Å². The van der Waals surface area contributed by atoms with E-state index in [1.807, 2.05) is 29.2 Å². The molecule has 5 nitrogen and oxygen atoms in total. The van der Waals surface area contributed by atoms with Gasteiger partial charge in [0.25, 0.3) is 5.91 Å². The number of carbonyl (C=O) groups excluding carboxylic acids is 1. The molecule has 0 radical (unpaired) electrons. The summed E-state index contributed by atoms with van der Waals surface area (Å²) >= 11 is 0. The number of amides is 1. The van der Waals surface area contributed by atoms with Gasteiger partial charge in [0.2, 0.25) is 0 Å². The highest BCUT2D eigenvalue weighted by atomic mass is 16.6. The Balaban J connectivity index is 1.80. The first-order chi connectivity index (χ1) is 12.2. The molecule has 0 spiro atoms. The van der Waals surface area contributed by atoms with Crippen LogP contribution in [0.1, 0.15) is 27.9 Å². The van der Waals surface area contributed by atoms with Gasteiger partial charge in [-0.2, -0.15) is 0 Å². The number of methoxy groups -OCH3 is 1. The minimum atomic E-state index is -0.0767. The molecule has 5 heteroatoms. The van der Waals surface area contributed by atoms with Gasteiger partial charge >= 0.3 is 0 Å². The van der Waals surface area contributed by atoms with E-state index in [0.29, 0.717) is 36.8 Å². The number of benzene rings is 2. The number of ether oxygens (including phenoxy) is 3. The van der Waals surface area contributed by atoms with Crippen molar-refractivity contribution in [1.29, 1.82) is 0 Å². The van der Waals surface area contributed by atoms with Gasteiger partial charge in [0.15, 0.2) is 11.5 Å². The second kappa shape index (κ2) is 6.31. The normalized spacial score (nSPS) is 15.5. The summed E-state index contributed by atoms with van der Waals surface area (Å²) in [6.07, 6.45) is 1.88. The number of hydrogen-bond donors (Lipinski definition) is 0. The minimum Gasteiger partial charge on any atom is -0.495 e. The molecule has 0 saturated carbocycles. The van der Waals surface area contributed by atoms with Crippen molar-refractivity contribution in [1.82, 2.24) is 0 Å². The molecule has 0 saturated heterocycles. The molecule has 0 atom stereocenters. The molecule has 2 aromatic rings. The van der Waals surface area contributed by atoms with Gasteiger partial charge in [0, 0.05) is 6.54 Å². The van der Waals surface area contributed by atoms with E-state index in [1.54, 1.807) is 13.2 Å². The number of carbonyl (C=O) groups is 1. The van der Waals surface area contributed by atoms with Crippen molar-refractivity contribution in [2.24, 2.45) is 0 Å². The highest BCUT2D eigenvalue weighted by Crippen LogP contribution is 2.41. The lowest BCUT2D eigenvalue weighted by Gasteiger charge is -2.32. The SMILES string of the molecule is COc1ccc(C)c2c1N(C(=O)c1cccc3c1OCCO3)CCC2. The first-order valence-corrected chi connectivity index (χ1v) is 8.57. The topological polar surface area (TPSA) is 48.0 Å². The molecule has 0 bridgehead atoms. The third-order valence-electron chi connectivity index (χ3n) is 4.82. The molecular weight excluding hydrogens is 318 g/mol. The Morgan fingerprint density at radius 2 is 2.00 bits per heavy atom. The molecule has 0 aromatic heterocycles. The van der Waals surface area contributed by atoms with E-state index in [2.05, 4.69) is 6.92 Å². The maximum Gasteiger partial charge on any atom is 0.262 e. The van der Waals surface area contributed by atoms with E-state index in [-0.39, 0.29) is 5.91 Å².